The zero-order valence-electron chi connectivity index (χ0n) is 20.2. The second-order valence-electron chi connectivity index (χ2n) is 10.2. The Balaban J connectivity index is 1.66. The number of imide groups is 1. The molecular weight excluding hydrogens is 514 g/mol. The number of fused-ring (bicyclic) bond motifs is 5. The summed E-state index contributed by atoms with van der Waals surface area (Å²) in [6.45, 7) is 3.95. The fraction of sp³-hybridized carbons (Fsp3) is 0.258. The highest BCUT2D eigenvalue weighted by molar-refractivity contribution is 9.10. The van der Waals surface area contributed by atoms with Gasteiger partial charge in [0.1, 0.15) is 0 Å². The molecule has 4 nitrogen and oxygen atoms in total. The fourth-order valence-corrected chi connectivity index (χ4v) is 7.62. The lowest BCUT2D eigenvalue weighted by Crippen LogP contribution is -2.41. The average molecular weight is 540 g/mol. The number of amides is 2. The first kappa shape index (κ1) is 23.1. The first-order chi connectivity index (χ1) is 17.4. The number of carbonyl (C=O) groups excluding carboxylic acids is 3. The number of rotatable bonds is 5. The predicted octanol–water partition coefficient (Wildman–Crippen LogP) is 6.55. The summed E-state index contributed by atoms with van der Waals surface area (Å²) in [5.74, 6) is -1.98. The molecule has 1 heterocycles. The van der Waals surface area contributed by atoms with Gasteiger partial charge in [-0.05, 0) is 53.8 Å². The summed E-state index contributed by atoms with van der Waals surface area (Å²) in [7, 11) is 0. The first-order valence-corrected chi connectivity index (χ1v) is 13.2. The normalized spacial score (nSPS) is 28.9. The van der Waals surface area contributed by atoms with Crippen molar-refractivity contribution in [2.24, 2.45) is 22.7 Å². The summed E-state index contributed by atoms with van der Waals surface area (Å²) in [6.07, 6.45) is 1.25. The number of Topliss-reactive ketones (excluding diaryl/α,β-unsaturated/α-hetero) is 1. The lowest BCUT2D eigenvalue weighted by molar-refractivity contribution is -0.134. The molecule has 6 rings (SSSR count). The van der Waals surface area contributed by atoms with Crippen LogP contribution in [0.3, 0.4) is 0 Å². The summed E-state index contributed by atoms with van der Waals surface area (Å²) in [4.78, 5) is 44.3. The minimum atomic E-state index is -1.10. The van der Waals surface area contributed by atoms with Crippen LogP contribution < -0.4 is 4.90 Å². The van der Waals surface area contributed by atoms with Crippen LogP contribution in [0.4, 0.5) is 5.69 Å². The van der Waals surface area contributed by atoms with Crippen molar-refractivity contribution in [3.05, 3.63) is 101 Å². The lowest BCUT2D eigenvalue weighted by atomic mass is 9.61. The van der Waals surface area contributed by atoms with Gasteiger partial charge in [-0.2, -0.15) is 0 Å². The second-order valence-corrected chi connectivity index (χ2v) is 11.1. The van der Waals surface area contributed by atoms with Gasteiger partial charge in [0.25, 0.3) is 0 Å². The second kappa shape index (κ2) is 8.10. The van der Waals surface area contributed by atoms with Crippen LogP contribution in [0, 0.1) is 22.7 Å². The molecule has 0 unspecified atom stereocenters. The van der Waals surface area contributed by atoms with Crippen LogP contribution in [-0.4, -0.2) is 17.6 Å². The minimum absolute atomic E-state index is 0.0140. The summed E-state index contributed by atoms with van der Waals surface area (Å²) in [6, 6.07) is 27.1. The van der Waals surface area contributed by atoms with Crippen molar-refractivity contribution in [2.75, 3.05) is 4.90 Å². The summed E-state index contributed by atoms with van der Waals surface area (Å²) in [5, 5.41) is 0. The summed E-state index contributed by atoms with van der Waals surface area (Å²) < 4.78 is 0.791. The van der Waals surface area contributed by atoms with Gasteiger partial charge < -0.3 is 0 Å². The van der Waals surface area contributed by atoms with E-state index < -0.39 is 22.7 Å². The Morgan fingerprint density at radius 3 is 1.94 bits per heavy atom. The molecule has 2 fully saturated rings. The molecule has 180 valence electrons. The van der Waals surface area contributed by atoms with Crippen molar-refractivity contribution in [3.8, 4) is 0 Å². The van der Waals surface area contributed by atoms with E-state index in [1.807, 2.05) is 86.6 Å². The number of hydrogen-bond donors (Lipinski definition) is 0. The number of anilines is 1. The lowest BCUT2D eigenvalue weighted by Gasteiger charge is -2.37. The largest absolute Gasteiger partial charge is 0.298 e. The Kier molecular flexibility index (Phi) is 5.20. The third-order valence-corrected chi connectivity index (χ3v) is 8.88. The van der Waals surface area contributed by atoms with E-state index in [-0.39, 0.29) is 17.6 Å². The van der Waals surface area contributed by atoms with E-state index in [4.69, 9.17) is 0 Å². The van der Waals surface area contributed by atoms with Gasteiger partial charge >= 0.3 is 0 Å². The van der Waals surface area contributed by atoms with Crippen molar-refractivity contribution < 1.29 is 14.4 Å². The molecule has 0 spiro atoms. The van der Waals surface area contributed by atoms with E-state index in [0.717, 1.165) is 33.2 Å². The SMILES string of the molecule is CCC[C@]12C(=O)[C@](C)(C(c3ccccc3)=C1c1ccccc1)[C@@H]1C(=O)N(c3cccc(Br)c3)C(=O)[C@@H]12. The third-order valence-electron chi connectivity index (χ3n) is 8.39. The maximum atomic E-state index is 14.6. The number of halogens is 1. The minimum Gasteiger partial charge on any atom is -0.298 e. The van der Waals surface area contributed by atoms with Crippen LogP contribution in [0.25, 0.3) is 11.1 Å². The number of carbonyl (C=O) groups is 3. The van der Waals surface area contributed by atoms with Gasteiger partial charge in [0.15, 0.2) is 5.78 Å². The van der Waals surface area contributed by atoms with E-state index in [1.165, 1.54) is 4.90 Å². The van der Waals surface area contributed by atoms with E-state index in [9.17, 15) is 14.4 Å². The summed E-state index contributed by atoms with van der Waals surface area (Å²) in [5.41, 5.74) is 2.09. The number of benzene rings is 3. The predicted molar refractivity (Wildman–Crippen MR) is 144 cm³/mol. The molecule has 1 saturated carbocycles. The van der Waals surface area contributed by atoms with Crippen LogP contribution in [0.5, 0.6) is 0 Å². The zero-order valence-corrected chi connectivity index (χ0v) is 21.8. The van der Waals surface area contributed by atoms with E-state index in [2.05, 4.69) is 15.9 Å². The quantitative estimate of drug-likeness (QED) is 0.345. The molecule has 3 aliphatic rings. The molecule has 4 atom stereocenters. The van der Waals surface area contributed by atoms with Crippen molar-refractivity contribution in [1.82, 2.24) is 0 Å². The van der Waals surface area contributed by atoms with Crippen LogP contribution >= 0.6 is 15.9 Å². The van der Waals surface area contributed by atoms with E-state index in [1.54, 1.807) is 12.1 Å². The zero-order chi connectivity index (χ0) is 25.2. The van der Waals surface area contributed by atoms with Gasteiger partial charge in [-0.15, -0.1) is 0 Å². The molecule has 2 aliphatic carbocycles. The molecule has 0 radical (unpaired) electrons. The molecule has 0 N–H and O–H groups in total. The van der Waals surface area contributed by atoms with E-state index in [0.29, 0.717) is 12.1 Å². The number of ketones is 1. The van der Waals surface area contributed by atoms with Crippen LogP contribution in [0.1, 0.15) is 37.8 Å². The smallest absolute Gasteiger partial charge is 0.239 e. The van der Waals surface area contributed by atoms with Gasteiger partial charge in [-0.3, -0.25) is 14.4 Å². The number of nitrogens with zero attached hydrogens (tertiary/aromatic N) is 1. The van der Waals surface area contributed by atoms with E-state index >= 15 is 0 Å². The van der Waals surface area contributed by atoms with Crippen LogP contribution in [0.2, 0.25) is 0 Å². The Morgan fingerprint density at radius 1 is 0.778 bits per heavy atom. The highest BCUT2D eigenvalue weighted by Gasteiger charge is 2.80. The van der Waals surface area contributed by atoms with Crippen molar-refractivity contribution in [3.63, 3.8) is 0 Å². The number of allylic oxidation sites excluding steroid dienone is 2. The monoisotopic (exact) mass is 539 g/mol. The maximum absolute atomic E-state index is 14.6. The van der Waals surface area contributed by atoms with Crippen molar-refractivity contribution in [2.45, 2.75) is 26.7 Å². The molecule has 3 aromatic carbocycles. The molecule has 2 bridgehead atoms. The molecule has 0 aromatic heterocycles. The average Bonchev–Trinajstić information content (AvgIpc) is 3.35. The van der Waals surface area contributed by atoms with Crippen molar-refractivity contribution >= 4 is 50.4 Å². The Morgan fingerprint density at radius 2 is 1.36 bits per heavy atom. The first-order valence-electron chi connectivity index (χ1n) is 12.4. The van der Waals surface area contributed by atoms with Crippen LogP contribution in [0.15, 0.2) is 89.4 Å². The van der Waals surface area contributed by atoms with Crippen molar-refractivity contribution in [1.29, 1.82) is 0 Å². The Hall–Kier alpha value is -3.31. The van der Waals surface area contributed by atoms with Gasteiger partial charge in [0, 0.05) is 4.47 Å². The topological polar surface area (TPSA) is 54.5 Å². The molecular formula is C31H26BrNO3. The number of hydrogen-bond acceptors (Lipinski definition) is 3. The van der Waals surface area contributed by atoms with Gasteiger partial charge in [0.2, 0.25) is 11.8 Å². The van der Waals surface area contributed by atoms with Crippen LogP contribution in [-0.2, 0) is 14.4 Å². The Bertz CT molecular complexity index is 1450. The highest BCUT2D eigenvalue weighted by atomic mass is 79.9. The fourth-order valence-electron chi connectivity index (χ4n) is 7.23. The molecule has 1 aliphatic heterocycles. The Labute approximate surface area is 219 Å². The third kappa shape index (κ3) is 2.78. The highest BCUT2D eigenvalue weighted by Crippen LogP contribution is 2.75. The molecule has 3 aromatic rings. The molecule has 1 saturated heterocycles. The summed E-state index contributed by atoms with van der Waals surface area (Å²) >= 11 is 3.47. The standard InChI is InChI=1S/C31H26BrNO3/c1-3-17-31-24(20-13-8-5-9-14-20)23(19-11-6-4-7-12-19)30(2,29(31)36)25-26(31)28(35)33(27(25)34)22-16-10-15-21(32)18-22/h4-16,18,25-26H,3,17H2,1-2H3/t25-,26+,30+,31-/m0/s1. The molecule has 36 heavy (non-hydrogen) atoms. The van der Waals surface area contributed by atoms with Gasteiger partial charge in [0.05, 0.1) is 28.4 Å². The van der Waals surface area contributed by atoms with Gasteiger partial charge in [-0.1, -0.05) is 96.0 Å². The molecule has 2 amide bonds. The van der Waals surface area contributed by atoms with Gasteiger partial charge in [-0.25, -0.2) is 4.90 Å². The maximum Gasteiger partial charge on any atom is 0.239 e. The molecule has 5 heteroatoms.